The van der Waals surface area contributed by atoms with Gasteiger partial charge in [0.05, 0.1) is 0 Å². The van der Waals surface area contributed by atoms with Crippen molar-refractivity contribution < 1.29 is 18.3 Å². The fourth-order valence-electron chi connectivity index (χ4n) is 2.80. The lowest BCUT2D eigenvalue weighted by atomic mass is 9.97. The van der Waals surface area contributed by atoms with Gasteiger partial charge in [-0.3, -0.25) is 0 Å². The van der Waals surface area contributed by atoms with E-state index in [4.69, 9.17) is 5.11 Å². The topological polar surface area (TPSA) is 35.5 Å². The first-order valence-corrected chi connectivity index (χ1v) is 6.19. The molecule has 0 aromatic rings. The average Bonchev–Trinajstić information content (AvgIpc) is 2.71. The van der Waals surface area contributed by atoms with Crippen LogP contribution in [0.5, 0.6) is 0 Å². The number of nitrogens with zero attached hydrogens (tertiary/aromatic N) is 1. The van der Waals surface area contributed by atoms with Crippen LogP contribution in [0.15, 0.2) is 0 Å². The minimum atomic E-state index is -4.51. The van der Waals surface area contributed by atoms with Crippen molar-refractivity contribution >= 4 is 0 Å². The second-order valence-electron chi connectivity index (χ2n) is 5.02. The molecular weight excluding hydrogens is 233 g/mol. The van der Waals surface area contributed by atoms with Gasteiger partial charge in [-0.1, -0.05) is 0 Å². The Morgan fingerprint density at radius 3 is 2.76 bits per heavy atom. The van der Waals surface area contributed by atoms with E-state index in [1.165, 1.54) is 6.42 Å². The van der Waals surface area contributed by atoms with E-state index in [-0.39, 0.29) is 12.6 Å². The number of rotatable bonds is 3. The third-order valence-electron chi connectivity index (χ3n) is 3.80. The lowest BCUT2D eigenvalue weighted by Crippen LogP contribution is -2.49. The molecule has 3 unspecified atom stereocenters. The summed E-state index contributed by atoms with van der Waals surface area (Å²) in [5, 5.41) is 11.7. The van der Waals surface area contributed by atoms with Crippen molar-refractivity contribution in [3.8, 4) is 0 Å². The van der Waals surface area contributed by atoms with Gasteiger partial charge in [0.2, 0.25) is 0 Å². The molecule has 17 heavy (non-hydrogen) atoms. The van der Waals surface area contributed by atoms with Crippen molar-refractivity contribution in [1.29, 1.82) is 0 Å². The van der Waals surface area contributed by atoms with Crippen molar-refractivity contribution in [2.45, 2.75) is 50.0 Å². The molecule has 100 valence electrons. The van der Waals surface area contributed by atoms with Crippen molar-refractivity contribution in [3.05, 3.63) is 0 Å². The molecule has 2 heterocycles. The summed E-state index contributed by atoms with van der Waals surface area (Å²) in [6, 6.07) is 0.649. The third-order valence-corrected chi connectivity index (χ3v) is 3.80. The maximum atomic E-state index is 12.1. The predicted octanol–water partition coefficient (Wildman–Crippen LogP) is 1.13. The summed E-state index contributed by atoms with van der Waals surface area (Å²) in [5.41, 5.74) is 0. The largest absolute Gasteiger partial charge is 0.415 e. The summed E-state index contributed by atoms with van der Waals surface area (Å²) >= 11 is 0. The summed E-state index contributed by atoms with van der Waals surface area (Å²) in [7, 11) is 0. The van der Waals surface area contributed by atoms with Gasteiger partial charge in [0.15, 0.2) is 6.10 Å². The zero-order valence-corrected chi connectivity index (χ0v) is 9.71. The van der Waals surface area contributed by atoms with Crippen LogP contribution < -0.4 is 5.32 Å². The van der Waals surface area contributed by atoms with Crippen LogP contribution in [0.4, 0.5) is 13.2 Å². The van der Waals surface area contributed by atoms with Gasteiger partial charge < -0.3 is 15.3 Å². The highest BCUT2D eigenvalue weighted by Gasteiger charge is 2.39. The molecule has 0 radical (unpaired) electrons. The average molecular weight is 252 g/mol. The molecule has 2 saturated heterocycles. The Balaban J connectivity index is 1.73. The Morgan fingerprint density at radius 1 is 1.29 bits per heavy atom. The SMILES string of the molecule is OC(CNC1CCN2CCCC2C1)C(F)(F)F. The molecule has 2 aliphatic rings. The van der Waals surface area contributed by atoms with Gasteiger partial charge in [0, 0.05) is 18.6 Å². The summed E-state index contributed by atoms with van der Waals surface area (Å²) in [6.07, 6.45) is -2.63. The third kappa shape index (κ3) is 3.33. The van der Waals surface area contributed by atoms with Gasteiger partial charge in [-0.2, -0.15) is 13.2 Å². The van der Waals surface area contributed by atoms with E-state index in [1.54, 1.807) is 0 Å². The first kappa shape index (κ1) is 13.1. The standard InChI is InChI=1S/C11H19F3N2O/c12-11(13,14)10(17)7-15-8-3-5-16-4-1-2-9(16)6-8/h8-10,15,17H,1-7H2. The summed E-state index contributed by atoms with van der Waals surface area (Å²) in [4.78, 5) is 2.42. The highest BCUT2D eigenvalue weighted by molar-refractivity contribution is 4.89. The monoisotopic (exact) mass is 252 g/mol. The maximum absolute atomic E-state index is 12.1. The molecule has 0 saturated carbocycles. The zero-order chi connectivity index (χ0) is 12.5. The van der Waals surface area contributed by atoms with Crippen LogP contribution >= 0.6 is 0 Å². The smallest absolute Gasteiger partial charge is 0.382 e. The number of fused-ring (bicyclic) bond motifs is 1. The predicted molar refractivity (Wildman–Crippen MR) is 57.7 cm³/mol. The van der Waals surface area contributed by atoms with Gasteiger partial charge in [-0.05, 0) is 38.8 Å². The quantitative estimate of drug-likeness (QED) is 0.790. The van der Waals surface area contributed by atoms with Crippen LogP contribution in [0.3, 0.4) is 0 Å². The Bertz CT molecular complexity index is 260. The number of piperidine rings is 1. The molecule has 3 nitrogen and oxygen atoms in total. The molecule has 6 heteroatoms. The number of hydrogen-bond donors (Lipinski definition) is 2. The molecule has 0 amide bonds. The van der Waals surface area contributed by atoms with Crippen molar-refractivity contribution in [1.82, 2.24) is 10.2 Å². The highest BCUT2D eigenvalue weighted by Crippen LogP contribution is 2.27. The van der Waals surface area contributed by atoms with Crippen LogP contribution in [0.1, 0.15) is 25.7 Å². The van der Waals surface area contributed by atoms with Crippen LogP contribution in [0.25, 0.3) is 0 Å². The van der Waals surface area contributed by atoms with E-state index >= 15 is 0 Å². The number of nitrogens with one attached hydrogen (secondary N) is 1. The molecule has 0 spiro atoms. The molecule has 0 aromatic carbocycles. The summed E-state index contributed by atoms with van der Waals surface area (Å²) in [5.74, 6) is 0. The minimum Gasteiger partial charge on any atom is -0.382 e. The van der Waals surface area contributed by atoms with Crippen molar-refractivity contribution in [3.63, 3.8) is 0 Å². The molecule has 3 atom stereocenters. The molecule has 2 fully saturated rings. The normalized spacial score (nSPS) is 32.5. The second-order valence-corrected chi connectivity index (χ2v) is 5.02. The van der Waals surface area contributed by atoms with E-state index in [2.05, 4.69) is 10.2 Å². The first-order valence-electron chi connectivity index (χ1n) is 6.19. The molecule has 0 bridgehead atoms. The van der Waals surface area contributed by atoms with Gasteiger partial charge in [-0.25, -0.2) is 0 Å². The Hall–Kier alpha value is -0.330. The van der Waals surface area contributed by atoms with Crippen LogP contribution in [0.2, 0.25) is 0 Å². The fourth-order valence-corrected chi connectivity index (χ4v) is 2.80. The van der Waals surface area contributed by atoms with E-state index in [0.29, 0.717) is 6.04 Å². The lowest BCUT2D eigenvalue weighted by Gasteiger charge is -2.35. The van der Waals surface area contributed by atoms with Gasteiger partial charge in [0.25, 0.3) is 0 Å². The summed E-state index contributed by atoms with van der Waals surface area (Å²) < 4.78 is 36.4. The number of aliphatic hydroxyl groups excluding tert-OH is 1. The number of alkyl halides is 3. The Kier molecular flexibility index (Phi) is 3.95. The summed E-state index contributed by atoms with van der Waals surface area (Å²) in [6.45, 7) is 1.70. The number of halogens is 3. The maximum Gasteiger partial charge on any atom is 0.415 e. The molecule has 2 aliphatic heterocycles. The van der Waals surface area contributed by atoms with E-state index in [0.717, 1.165) is 32.4 Å². The van der Waals surface area contributed by atoms with Gasteiger partial charge in [-0.15, -0.1) is 0 Å². The van der Waals surface area contributed by atoms with E-state index in [1.807, 2.05) is 0 Å². The molecular formula is C11H19F3N2O. The fraction of sp³-hybridized carbons (Fsp3) is 1.00. The number of aliphatic hydroxyl groups is 1. The number of hydrogen-bond acceptors (Lipinski definition) is 3. The van der Waals surface area contributed by atoms with Gasteiger partial charge >= 0.3 is 6.18 Å². The molecule has 2 N–H and O–H groups in total. The Labute approximate surface area is 99.0 Å². The van der Waals surface area contributed by atoms with Crippen molar-refractivity contribution in [2.24, 2.45) is 0 Å². The second kappa shape index (κ2) is 5.12. The van der Waals surface area contributed by atoms with E-state index < -0.39 is 12.3 Å². The van der Waals surface area contributed by atoms with Gasteiger partial charge in [0.1, 0.15) is 0 Å². The zero-order valence-electron chi connectivity index (χ0n) is 9.71. The molecule has 2 rings (SSSR count). The minimum absolute atomic E-state index is 0.117. The van der Waals surface area contributed by atoms with E-state index in [9.17, 15) is 13.2 Å². The van der Waals surface area contributed by atoms with Crippen LogP contribution in [-0.2, 0) is 0 Å². The molecule has 0 aliphatic carbocycles. The van der Waals surface area contributed by atoms with Crippen LogP contribution in [0, 0.1) is 0 Å². The Morgan fingerprint density at radius 2 is 2.06 bits per heavy atom. The highest BCUT2D eigenvalue weighted by atomic mass is 19.4. The van der Waals surface area contributed by atoms with Crippen molar-refractivity contribution in [2.75, 3.05) is 19.6 Å². The molecule has 0 aromatic heterocycles. The first-order chi connectivity index (χ1) is 7.97. The van der Waals surface area contributed by atoms with Crippen LogP contribution in [-0.4, -0.2) is 54.0 Å². The lowest BCUT2D eigenvalue weighted by molar-refractivity contribution is -0.202.